The summed E-state index contributed by atoms with van der Waals surface area (Å²) in [5.41, 5.74) is 5.23. The number of urea groups is 1. The van der Waals surface area contributed by atoms with Crippen molar-refractivity contribution >= 4 is 23.4 Å². The molecule has 2 N–H and O–H groups in total. The Labute approximate surface area is 252 Å². The van der Waals surface area contributed by atoms with Crippen LogP contribution in [-0.4, -0.2) is 56.5 Å². The monoisotopic (exact) mass is 581 g/mol. The Bertz CT molecular complexity index is 1610. The van der Waals surface area contributed by atoms with Crippen LogP contribution in [0.15, 0.2) is 65.3 Å². The standard InChI is InChI=1S/C33H39N7O3/c1-22-9-11-25(12-10-22)40-30(20-29(37-40)33(2,3)4)36-32(42)35-27-8-6-5-7-24(27)19-23-13-16-38(17-14-23)39-18-15-28-26(31(39)41)21-34-43-28/h5-12,20-21,23H,13-19H2,1-4H3,(H2,35,36,42). The van der Waals surface area contributed by atoms with Gasteiger partial charge in [-0.15, -0.1) is 0 Å². The minimum Gasteiger partial charge on any atom is -0.360 e. The lowest BCUT2D eigenvalue weighted by Crippen LogP contribution is -2.52. The van der Waals surface area contributed by atoms with Crippen molar-refractivity contribution < 1.29 is 14.1 Å². The largest absolute Gasteiger partial charge is 0.360 e. The quantitative estimate of drug-likeness (QED) is 0.290. The van der Waals surface area contributed by atoms with E-state index >= 15 is 0 Å². The second kappa shape index (κ2) is 11.7. The highest BCUT2D eigenvalue weighted by molar-refractivity contribution is 6.00. The number of carbonyl (C=O) groups excluding carboxylic acids is 2. The van der Waals surface area contributed by atoms with Crippen LogP contribution in [0.1, 0.15) is 66.6 Å². The van der Waals surface area contributed by atoms with E-state index in [2.05, 4.69) is 47.6 Å². The van der Waals surface area contributed by atoms with Crippen LogP contribution in [-0.2, 0) is 18.3 Å². The molecular weight excluding hydrogens is 542 g/mol. The van der Waals surface area contributed by atoms with Gasteiger partial charge in [-0.2, -0.15) is 5.10 Å². The van der Waals surface area contributed by atoms with Crippen LogP contribution in [0.3, 0.4) is 0 Å². The summed E-state index contributed by atoms with van der Waals surface area (Å²) in [5, 5.41) is 18.8. The Balaban J connectivity index is 1.10. The molecular formula is C33H39N7O3. The molecule has 4 heterocycles. The van der Waals surface area contributed by atoms with E-state index in [0.717, 1.165) is 60.5 Å². The van der Waals surface area contributed by atoms with Gasteiger partial charge in [-0.05, 0) is 55.9 Å². The van der Waals surface area contributed by atoms with Gasteiger partial charge in [0.2, 0.25) is 0 Å². The molecule has 2 aliphatic heterocycles. The third-order valence-electron chi connectivity index (χ3n) is 8.37. The average molecular weight is 582 g/mol. The van der Waals surface area contributed by atoms with Crippen LogP contribution in [0.4, 0.5) is 16.3 Å². The van der Waals surface area contributed by atoms with Gasteiger partial charge in [0, 0.05) is 43.2 Å². The summed E-state index contributed by atoms with van der Waals surface area (Å²) in [6.07, 6.45) is 4.99. The molecule has 1 saturated heterocycles. The van der Waals surface area contributed by atoms with Gasteiger partial charge in [0.15, 0.2) is 5.76 Å². The van der Waals surface area contributed by atoms with E-state index in [1.54, 1.807) is 4.68 Å². The Kier molecular flexibility index (Phi) is 7.79. The van der Waals surface area contributed by atoms with E-state index in [1.807, 2.05) is 60.5 Å². The van der Waals surface area contributed by atoms with Crippen molar-refractivity contribution in [3.63, 3.8) is 0 Å². The van der Waals surface area contributed by atoms with Crippen LogP contribution >= 0.6 is 0 Å². The molecule has 0 aliphatic carbocycles. The van der Waals surface area contributed by atoms with Crippen molar-refractivity contribution in [1.82, 2.24) is 25.0 Å². The summed E-state index contributed by atoms with van der Waals surface area (Å²) in [4.78, 5) is 26.2. The minimum absolute atomic E-state index is 0.0279. The van der Waals surface area contributed by atoms with E-state index in [4.69, 9.17) is 9.62 Å². The number of hydrogen-bond donors (Lipinski definition) is 2. The fourth-order valence-electron chi connectivity index (χ4n) is 5.82. The molecule has 0 atom stereocenters. The van der Waals surface area contributed by atoms with Crippen LogP contribution in [0.25, 0.3) is 5.69 Å². The highest BCUT2D eigenvalue weighted by Crippen LogP contribution is 2.30. The number of rotatable bonds is 6. The summed E-state index contributed by atoms with van der Waals surface area (Å²) >= 11 is 0. The number of nitrogens with zero attached hydrogens (tertiary/aromatic N) is 5. The average Bonchev–Trinajstić information content (AvgIpc) is 3.64. The first-order valence-electron chi connectivity index (χ1n) is 15.0. The number of nitrogens with one attached hydrogen (secondary N) is 2. The molecule has 2 aromatic heterocycles. The highest BCUT2D eigenvalue weighted by atomic mass is 16.5. The fraction of sp³-hybridized carbons (Fsp3) is 0.394. The van der Waals surface area contributed by atoms with Gasteiger partial charge in [-0.1, -0.05) is 61.8 Å². The first-order valence-corrected chi connectivity index (χ1v) is 15.0. The van der Waals surface area contributed by atoms with Crippen molar-refractivity contribution in [2.75, 3.05) is 30.3 Å². The van der Waals surface area contributed by atoms with Gasteiger partial charge < -0.3 is 9.84 Å². The van der Waals surface area contributed by atoms with Crippen molar-refractivity contribution in [1.29, 1.82) is 0 Å². The molecule has 224 valence electrons. The zero-order valence-corrected chi connectivity index (χ0v) is 25.3. The maximum atomic E-state index is 13.3. The molecule has 0 unspecified atom stereocenters. The SMILES string of the molecule is Cc1ccc(-n2nc(C(C)(C)C)cc2NC(=O)Nc2ccccc2CC2CCN(N3CCc4oncc4C3=O)CC2)cc1. The molecule has 6 rings (SSSR count). The Hall–Kier alpha value is -4.44. The summed E-state index contributed by atoms with van der Waals surface area (Å²) in [5.74, 6) is 1.71. The predicted octanol–water partition coefficient (Wildman–Crippen LogP) is 5.98. The predicted molar refractivity (Wildman–Crippen MR) is 165 cm³/mol. The molecule has 0 spiro atoms. The third kappa shape index (κ3) is 6.19. The summed E-state index contributed by atoms with van der Waals surface area (Å²) in [7, 11) is 0. The molecule has 2 aliphatic rings. The molecule has 10 heteroatoms. The van der Waals surface area contributed by atoms with Crippen molar-refractivity contribution in [2.24, 2.45) is 5.92 Å². The fourth-order valence-corrected chi connectivity index (χ4v) is 5.82. The number of aryl methyl sites for hydroxylation is 1. The molecule has 43 heavy (non-hydrogen) atoms. The van der Waals surface area contributed by atoms with E-state index in [0.29, 0.717) is 36.0 Å². The number of fused-ring (bicyclic) bond motifs is 1. The summed E-state index contributed by atoms with van der Waals surface area (Å²) in [6, 6.07) is 17.7. The molecule has 2 aromatic carbocycles. The molecule has 0 bridgehead atoms. The topological polar surface area (TPSA) is 109 Å². The summed E-state index contributed by atoms with van der Waals surface area (Å²) in [6.45, 7) is 10.6. The van der Waals surface area contributed by atoms with E-state index < -0.39 is 0 Å². The zero-order valence-electron chi connectivity index (χ0n) is 25.3. The zero-order chi connectivity index (χ0) is 30.1. The number of benzene rings is 2. The molecule has 3 amide bonds. The van der Waals surface area contributed by atoms with Gasteiger partial charge in [-0.25, -0.2) is 14.5 Å². The van der Waals surface area contributed by atoms with Gasteiger partial charge in [0.25, 0.3) is 5.91 Å². The van der Waals surface area contributed by atoms with Crippen LogP contribution < -0.4 is 10.6 Å². The Morgan fingerprint density at radius 3 is 2.51 bits per heavy atom. The van der Waals surface area contributed by atoms with Gasteiger partial charge in [0.05, 0.1) is 17.6 Å². The maximum Gasteiger partial charge on any atom is 0.324 e. The van der Waals surface area contributed by atoms with E-state index in [1.165, 1.54) is 6.20 Å². The second-order valence-electron chi connectivity index (χ2n) is 12.6. The van der Waals surface area contributed by atoms with E-state index in [-0.39, 0.29) is 17.4 Å². The van der Waals surface area contributed by atoms with Gasteiger partial charge >= 0.3 is 6.03 Å². The first-order chi connectivity index (χ1) is 20.7. The molecule has 0 saturated carbocycles. The van der Waals surface area contributed by atoms with E-state index in [9.17, 15) is 9.59 Å². The number of para-hydroxylation sites is 1. The number of aromatic nitrogens is 3. The third-order valence-corrected chi connectivity index (χ3v) is 8.37. The molecule has 10 nitrogen and oxygen atoms in total. The van der Waals surface area contributed by atoms with Gasteiger partial charge in [-0.3, -0.25) is 15.1 Å². The lowest BCUT2D eigenvalue weighted by molar-refractivity contribution is -0.0329. The number of hydrazine groups is 1. The number of amides is 3. The Morgan fingerprint density at radius 2 is 1.77 bits per heavy atom. The molecule has 1 fully saturated rings. The molecule has 4 aromatic rings. The number of anilines is 2. The highest BCUT2D eigenvalue weighted by Gasteiger charge is 2.33. The van der Waals surface area contributed by atoms with Gasteiger partial charge in [0.1, 0.15) is 11.4 Å². The smallest absolute Gasteiger partial charge is 0.324 e. The second-order valence-corrected chi connectivity index (χ2v) is 12.6. The Morgan fingerprint density at radius 1 is 1.02 bits per heavy atom. The normalized spacial score (nSPS) is 16.3. The lowest BCUT2D eigenvalue weighted by Gasteiger charge is -2.41. The van der Waals surface area contributed by atoms with Crippen molar-refractivity contribution in [2.45, 2.75) is 58.8 Å². The molecule has 0 radical (unpaired) electrons. The minimum atomic E-state index is -0.312. The van der Waals surface area contributed by atoms with Crippen molar-refractivity contribution in [3.8, 4) is 5.69 Å². The first kappa shape index (κ1) is 28.7. The number of carbonyl (C=O) groups is 2. The van der Waals surface area contributed by atoms with Crippen LogP contribution in [0.5, 0.6) is 0 Å². The maximum absolute atomic E-state index is 13.3. The van der Waals surface area contributed by atoms with Crippen molar-refractivity contribution in [3.05, 3.63) is 88.9 Å². The number of piperidine rings is 1. The van der Waals surface area contributed by atoms with Crippen LogP contribution in [0, 0.1) is 12.8 Å². The summed E-state index contributed by atoms with van der Waals surface area (Å²) < 4.78 is 6.99. The van der Waals surface area contributed by atoms with Crippen LogP contribution in [0.2, 0.25) is 0 Å². The number of hydrogen-bond acceptors (Lipinski definition) is 6. The lowest BCUT2D eigenvalue weighted by atomic mass is 9.90.